The van der Waals surface area contributed by atoms with Gasteiger partial charge in [-0.05, 0) is 31.8 Å². The van der Waals surface area contributed by atoms with Crippen molar-refractivity contribution in [1.29, 1.82) is 0 Å². The second kappa shape index (κ2) is 2.81. The zero-order valence-corrected chi connectivity index (χ0v) is 5.00. The van der Waals surface area contributed by atoms with Gasteiger partial charge < -0.3 is 0 Å². The Kier molecular flexibility index (Phi) is 2.04. The highest BCUT2D eigenvalue weighted by molar-refractivity contribution is 6.05. The lowest BCUT2D eigenvalue weighted by Crippen LogP contribution is -2.04. The molecular formula is C8H7O. The van der Waals surface area contributed by atoms with Gasteiger partial charge in [0.15, 0.2) is 5.78 Å². The van der Waals surface area contributed by atoms with Crippen LogP contribution in [0.4, 0.5) is 0 Å². The van der Waals surface area contributed by atoms with Gasteiger partial charge in [-0.3, -0.25) is 4.79 Å². The highest BCUT2D eigenvalue weighted by Gasteiger charge is 2.21. The van der Waals surface area contributed by atoms with Gasteiger partial charge in [0, 0.05) is 0 Å². The van der Waals surface area contributed by atoms with Crippen LogP contribution in [0.2, 0.25) is 0 Å². The summed E-state index contributed by atoms with van der Waals surface area (Å²) in [6.45, 7) is 3.37. The number of allylic oxidation sites excluding steroid dienone is 1. The molecule has 1 aliphatic carbocycles. The van der Waals surface area contributed by atoms with E-state index in [-0.39, 0.29) is 5.78 Å². The molecule has 1 fully saturated rings. The largest absolute Gasteiger partial charge is 0.294 e. The van der Waals surface area contributed by atoms with Crippen LogP contribution in [0.15, 0.2) is 12.7 Å². The van der Waals surface area contributed by atoms with Crippen molar-refractivity contribution < 1.29 is 4.79 Å². The first-order valence-electron chi connectivity index (χ1n) is 2.73. The van der Waals surface area contributed by atoms with E-state index in [0.29, 0.717) is 5.92 Å². The molecule has 45 valence electrons. The van der Waals surface area contributed by atoms with Crippen molar-refractivity contribution in [2.45, 2.75) is 0 Å². The molecule has 0 aromatic rings. The fraction of sp³-hybridized carbons (Fsp3) is 0. The number of carbonyl (C=O) groups is 1. The van der Waals surface area contributed by atoms with Gasteiger partial charge in [0.25, 0.3) is 0 Å². The normalized spacial score (nSPS) is 20.0. The van der Waals surface area contributed by atoms with Gasteiger partial charge >= 0.3 is 0 Å². The second-order valence-corrected chi connectivity index (χ2v) is 1.74. The summed E-state index contributed by atoms with van der Waals surface area (Å²) < 4.78 is 0. The van der Waals surface area contributed by atoms with Gasteiger partial charge in [-0.25, -0.2) is 0 Å². The minimum absolute atomic E-state index is 0.0139. The summed E-state index contributed by atoms with van der Waals surface area (Å²) in [7, 11) is 0. The maximum absolute atomic E-state index is 10.8. The van der Waals surface area contributed by atoms with E-state index in [1.807, 2.05) is 12.8 Å². The average Bonchev–Trinajstić information content (AvgIpc) is 2.37. The first kappa shape index (κ1) is 6.53. The molecule has 1 rings (SSSR count). The number of hydrogen-bond acceptors (Lipinski definition) is 1. The van der Waals surface area contributed by atoms with E-state index in [1.165, 1.54) is 6.08 Å². The number of carbonyl (C=O) groups excluding carboxylic acids is 1. The topological polar surface area (TPSA) is 17.1 Å². The van der Waals surface area contributed by atoms with E-state index >= 15 is 0 Å². The Balaban J connectivity index is 2.41. The van der Waals surface area contributed by atoms with Gasteiger partial charge in [0.2, 0.25) is 0 Å². The Bertz CT molecular complexity index is 121. The molecule has 1 saturated carbocycles. The summed E-state index contributed by atoms with van der Waals surface area (Å²) >= 11 is 0. The number of rotatable bonds is 2. The highest BCUT2D eigenvalue weighted by atomic mass is 16.1. The zero-order chi connectivity index (χ0) is 6.69. The lowest BCUT2D eigenvalue weighted by molar-refractivity contribution is -0.112. The molecule has 0 aromatic carbocycles. The van der Waals surface area contributed by atoms with Crippen LogP contribution < -0.4 is 0 Å². The van der Waals surface area contributed by atoms with Crippen LogP contribution in [0.25, 0.3) is 0 Å². The summed E-state index contributed by atoms with van der Waals surface area (Å²) in [6, 6.07) is 0. The fourth-order valence-corrected chi connectivity index (χ4v) is 0.656. The molecule has 9 heavy (non-hydrogen) atoms. The fourth-order valence-electron chi connectivity index (χ4n) is 0.656. The average molecular weight is 119 g/mol. The van der Waals surface area contributed by atoms with Crippen LogP contribution in [0, 0.1) is 31.6 Å². The summed E-state index contributed by atoms with van der Waals surface area (Å²) in [5, 5.41) is 0. The van der Waals surface area contributed by atoms with Gasteiger partial charge in [0.1, 0.15) is 0 Å². The maximum atomic E-state index is 10.8. The molecule has 0 saturated heterocycles. The van der Waals surface area contributed by atoms with Crippen LogP contribution in [0.5, 0.6) is 0 Å². The van der Waals surface area contributed by atoms with E-state index < -0.39 is 0 Å². The van der Waals surface area contributed by atoms with E-state index in [2.05, 4.69) is 6.58 Å². The van der Waals surface area contributed by atoms with E-state index in [1.54, 1.807) is 12.8 Å². The molecule has 1 heteroatoms. The predicted molar refractivity (Wildman–Crippen MR) is 35.6 cm³/mol. The maximum Gasteiger partial charge on any atom is 0.162 e. The molecule has 0 heterocycles. The molecule has 0 spiro atoms. The van der Waals surface area contributed by atoms with Gasteiger partial charge in [0.05, 0.1) is 5.92 Å². The van der Waals surface area contributed by atoms with Gasteiger partial charge in [-0.2, -0.15) is 0 Å². The molecule has 0 unspecified atom stereocenters. The third-order valence-electron chi connectivity index (χ3n) is 1.13. The Labute approximate surface area is 55.8 Å². The SMILES string of the molecule is C=CC(=O)[C]1[CH][CH][CH][CH]1. The molecule has 0 atom stereocenters. The van der Waals surface area contributed by atoms with Crippen LogP contribution in [-0.4, -0.2) is 5.78 Å². The van der Waals surface area contributed by atoms with Crippen LogP contribution in [0.3, 0.4) is 0 Å². The lowest BCUT2D eigenvalue weighted by Gasteiger charge is -1.98. The predicted octanol–water partition coefficient (Wildman–Crippen LogP) is 1.15. The molecule has 1 aliphatic rings. The Hall–Kier alpha value is -0.590. The monoisotopic (exact) mass is 119 g/mol. The smallest absolute Gasteiger partial charge is 0.162 e. The van der Waals surface area contributed by atoms with Crippen molar-refractivity contribution in [2.75, 3.05) is 0 Å². The molecule has 0 aliphatic heterocycles. The van der Waals surface area contributed by atoms with Crippen molar-refractivity contribution >= 4 is 5.78 Å². The minimum atomic E-state index is -0.0139. The third kappa shape index (κ3) is 1.41. The highest BCUT2D eigenvalue weighted by Crippen LogP contribution is 2.23. The Morgan fingerprint density at radius 2 is 2.00 bits per heavy atom. The van der Waals surface area contributed by atoms with Crippen molar-refractivity contribution in [1.82, 2.24) is 0 Å². The van der Waals surface area contributed by atoms with Crippen molar-refractivity contribution in [3.05, 3.63) is 44.3 Å². The number of ketones is 1. The Morgan fingerprint density at radius 1 is 1.44 bits per heavy atom. The minimum Gasteiger partial charge on any atom is -0.294 e. The van der Waals surface area contributed by atoms with Crippen LogP contribution >= 0.6 is 0 Å². The standard InChI is InChI=1S/C8H7O/c1-2-8(9)7-5-3-4-6-7/h2-6H,1H2. The quantitative estimate of drug-likeness (QED) is 0.498. The number of hydrogen-bond donors (Lipinski definition) is 0. The van der Waals surface area contributed by atoms with Gasteiger partial charge in [-0.15, -0.1) is 0 Å². The van der Waals surface area contributed by atoms with Gasteiger partial charge in [-0.1, -0.05) is 6.58 Å². The molecular weight excluding hydrogens is 112 g/mol. The summed E-state index contributed by atoms with van der Waals surface area (Å²) in [4.78, 5) is 10.8. The van der Waals surface area contributed by atoms with Crippen molar-refractivity contribution in [2.24, 2.45) is 0 Å². The molecule has 0 amide bonds. The van der Waals surface area contributed by atoms with E-state index in [9.17, 15) is 4.79 Å². The third-order valence-corrected chi connectivity index (χ3v) is 1.13. The van der Waals surface area contributed by atoms with Crippen LogP contribution in [-0.2, 0) is 4.79 Å². The summed E-state index contributed by atoms with van der Waals surface area (Å²) in [6.07, 6.45) is 8.51. The van der Waals surface area contributed by atoms with Crippen LogP contribution in [0.1, 0.15) is 0 Å². The first-order valence-corrected chi connectivity index (χ1v) is 2.73. The summed E-state index contributed by atoms with van der Waals surface area (Å²) in [5.74, 6) is 0.699. The second-order valence-electron chi connectivity index (χ2n) is 1.74. The van der Waals surface area contributed by atoms with E-state index in [4.69, 9.17) is 0 Å². The molecule has 1 nitrogen and oxygen atoms in total. The lowest BCUT2D eigenvalue weighted by atomic mass is 10.0. The van der Waals surface area contributed by atoms with Crippen molar-refractivity contribution in [3.63, 3.8) is 0 Å². The molecule has 0 bridgehead atoms. The van der Waals surface area contributed by atoms with E-state index in [0.717, 1.165) is 0 Å². The molecule has 0 aromatic heterocycles. The molecule has 0 N–H and O–H groups in total. The zero-order valence-electron chi connectivity index (χ0n) is 5.00. The summed E-state index contributed by atoms with van der Waals surface area (Å²) in [5.41, 5.74) is 0. The first-order chi connectivity index (χ1) is 4.34. The molecule has 5 radical (unpaired) electrons. The van der Waals surface area contributed by atoms with Crippen molar-refractivity contribution in [3.8, 4) is 0 Å². The Morgan fingerprint density at radius 3 is 2.44 bits per heavy atom.